The lowest BCUT2D eigenvalue weighted by atomic mass is 10.1. The average Bonchev–Trinajstić information content (AvgIpc) is 2.29. The standard InChI is InChI=1S/C13H19FN2O/c1-10-8-16(7-6-15-10)9-11-4-3-5-12(14)13(11)17-2/h3-5,10,15H,6-9H2,1-2H3. The fraction of sp³-hybridized carbons (Fsp3) is 0.538. The summed E-state index contributed by atoms with van der Waals surface area (Å²) in [5.74, 6) is 0.0897. The van der Waals surface area contributed by atoms with Crippen molar-refractivity contribution in [3.8, 4) is 5.75 Å². The Morgan fingerprint density at radius 2 is 2.35 bits per heavy atom. The summed E-state index contributed by atoms with van der Waals surface area (Å²) >= 11 is 0. The molecular formula is C13H19FN2O. The Morgan fingerprint density at radius 1 is 1.53 bits per heavy atom. The molecule has 1 aliphatic rings. The first-order valence-corrected chi connectivity index (χ1v) is 5.98. The number of hydrogen-bond acceptors (Lipinski definition) is 3. The maximum absolute atomic E-state index is 13.5. The Bertz CT molecular complexity index is 384. The van der Waals surface area contributed by atoms with Crippen molar-refractivity contribution in [1.82, 2.24) is 10.2 Å². The van der Waals surface area contributed by atoms with Crippen LogP contribution in [0.5, 0.6) is 5.75 Å². The van der Waals surface area contributed by atoms with Crippen LogP contribution in [0.3, 0.4) is 0 Å². The lowest BCUT2D eigenvalue weighted by Crippen LogP contribution is -2.48. The molecule has 1 aromatic rings. The van der Waals surface area contributed by atoms with E-state index in [1.165, 1.54) is 13.2 Å². The summed E-state index contributed by atoms with van der Waals surface area (Å²) in [7, 11) is 1.52. The first-order chi connectivity index (χ1) is 8.20. The second-order valence-corrected chi connectivity index (χ2v) is 4.52. The molecule has 1 atom stereocenters. The highest BCUT2D eigenvalue weighted by molar-refractivity contribution is 5.34. The molecule has 1 aromatic carbocycles. The van der Waals surface area contributed by atoms with Crippen LogP contribution in [0.4, 0.5) is 4.39 Å². The summed E-state index contributed by atoms with van der Waals surface area (Å²) in [4.78, 5) is 2.32. The topological polar surface area (TPSA) is 24.5 Å². The molecule has 1 N–H and O–H groups in total. The van der Waals surface area contributed by atoms with Crippen LogP contribution < -0.4 is 10.1 Å². The lowest BCUT2D eigenvalue weighted by Gasteiger charge is -2.32. The molecule has 0 bridgehead atoms. The van der Waals surface area contributed by atoms with Crippen molar-refractivity contribution in [3.05, 3.63) is 29.6 Å². The van der Waals surface area contributed by atoms with Crippen molar-refractivity contribution in [3.63, 3.8) is 0 Å². The molecule has 94 valence electrons. The van der Waals surface area contributed by atoms with E-state index in [0.29, 0.717) is 11.8 Å². The Morgan fingerprint density at radius 3 is 3.06 bits per heavy atom. The van der Waals surface area contributed by atoms with Gasteiger partial charge in [-0.25, -0.2) is 4.39 Å². The van der Waals surface area contributed by atoms with Gasteiger partial charge in [0.25, 0.3) is 0 Å². The van der Waals surface area contributed by atoms with Crippen LogP contribution in [-0.4, -0.2) is 37.7 Å². The number of nitrogens with one attached hydrogen (secondary N) is 1. The zero-order valence-electron chi connectivity index (χ0n) is 10.4. The average molecular weight is 238 g/mol. The number of hydrogen-bond donors (Lipinski definition) is 1. The van der Waals surface area contributed by atoms with Gasteiger partial charge in [0, 0.05) is 37.8 Å². The minimum absolute atomic E-state index is 0.284. The molecule has 4 heteroatoms. The highest BCUT2D eigenvalue weighted by atomic mass is 19.1. The minimum Gasteiger partial charge on any atom is -0.493 e. The number of halogens is 1. The van der Waals surface area contributed by atoms with Gasteiger partial charge < -0.3 is 10.1 Å². The monoisotopic (exact) mass is 238 g/mol. The minimum atomic E-state index is -0.284. The molecule has 0 saturated carbocycles. The summed E-state index contributed by atoms with van der Waals surface area (Å²) in [6, 6.07) is 5.58. The quantitative estimate of drug-likeness (QED) is 0.866. The SMILES string of the molecule is COc1c(F)cccc1CN1CCNC(C)C1. The zero-order chi connectivity index (χ0) is 12.3. The third kappa shape index (κ3) is 2.96. The lowest BCUT2D eigenvalue weighted by molar-refractivity contribution is 0.197. The summed E-state index contributed by atoms with van der Waals surface area (Å²) in [5.41, 5.74) is 0.918. The van der Waals surface area contributed by atoms with Crippen LogP contribution in [0.25, 0.3) is 0 Å². The van der Waals surface area contributed by atoms with Gasteiger partial charge in [0.15, 0.2) is 11.6 Å². The van der Waals surface area contributed by atoms with Gasteiger partial charge in [0.05, 0.1) is 7.11 Å². The molecule has 0 radical (unpaired) electrons. The number of rotatable bonds is 3. The van der Waals surface area contributed by atoms with E-state index in [1.807, 2.05) is 6.07 Å². The van der Waals surface area contributed by atoms with Crippen LogP contribution in [0.15, 0.2) is 18.2 Å². The smallest absolute Gasteiger partial charge is 0.165 e. The molecule has 1 saturated heterocycles. The largest absolute Gasteiger partial charge is 0.493 e. The number of nitrogens with zero attached hydrogens (tertiary/aromatic N) is 1. The predicted molar refractivity (Wildman–Crippen MR) is 65.7 cm³/mol. The van der Waals surface area contributed by atoms with E-state index < -0.39 is 0 Å². The van der Waals surface area contributed by atoms with Crippen LogP contribution >= 0.6 is 0 Å². The molecule has 1 fully saturated rings. The van der Waals surface area contributed by atoms with Crippen molar-refractivity contribution < 1.29 is 9.13 Å². The van der Waals surface area contributed by atoms with Gasteiger partial charge in [-0.05, 0) is 13.0 Å². The molecule has 17 heavy (non-hydrogen) atoms. The molecule has 0 aliphatic carbocycles. The molecule has 1 heterocycles. The van der Waals surface area contributed by atoms with Crippen molar-refractivity contribution in [2.24, 2.45) is 0 Å². The van der Waals surface area contributed by atoms with E-state index >= 15 is 0 Å². The first-order valence-electron chi connectivity index (χ1n) is 5.98. The van der Waals surface area contributed by atoms with Crippen molar-refractivity contribution in [2.75, 3.05) is 26.7 Å². The van der Waals surface area contributed by atoms with Crippen LogP contribution in [0.1, 0.15) is 12.5 Å². The Labute approximate surface area is 102 Å². The molecule has 1 unspecified atom stereocenters. The molecule has 0 amide bonds. The van der Waals surface area contributed by atoms with Crippen LogP contribution in [-0.2, 0) is 6.54 Å². The van der Waals surface area contributed by atoms with E-state index in [-0.39, 0.29) is 5.82 Å². The molecule has 0 aromatic heterocycles. The Balaban J connectivity index is 2.10. The second-order valence-electron chi connectivity index (χ2n) is 4.52. The number of methoxy groups -OCH3 is 1. The summed E-state index contributed by atoms with van der Waals surface area (Å²) < 4.78 is 18.7. The summed E-state index contributed by atoms with van der Waals surface area (Å²) in [6.07, 6.45) is 0. The van der Waals surface area contributed by atoms with E-state index in [0.717, 1.165) is 31.7 Å². The van der Waals surface area contributed by atoms with Crippen LogP contribution in [0.2, 0.25) is 0 Å². The Hall–Kier alpha value is -1.13. The van der Waals surface area contributed by atoms with Gasteiger partial charge in [0.2, 0.25) is 0 Å². The molecular weight excluding hydrogens is 219 g/mol. The molecule has 0 spiro atoms. The maximum Gasteiger partial charge on any atom is 0.165 e. The normalized spacial score (nSPS) is 21.5. The fourth-order valence-corrected chi connectivity index (χ4v) is 2.30. The summed E-state index contributed by atoms with van der Waals surface area (Å²) in [5, 5.41) is 3.39. The third-order valence-corrected chi connectivity index (χ3v) is 3.10. The van der Waals surface area contributed by atoms with Crippen LogP contribution in [0, 0.1) is 5.82 Å². The Kier molecular flexibility index (Phi) is 3.97. The third-order valence-electron chi connectivity index (χ3n) is 3.10. The second kappa shape index (κ2) is 5.47. The van der Waals surface area contributed by atoms with E-state index in [9.17, 15) is 4.39 Å². The summed E-state index contributed by atoms with van der Waals surface area (Å²) in [6.45, 7) is 5.87. The van der Waals surface area contributed by atoms with Gasteiger partial charge in [-0.3, -0.25) is 4.90 Å². The number of benzene rings is 1. The molecule has 3 nitrogen and oxygen atoms in total. The van der Waals surface area contributed by atoms with E-state index in [1.54, 1.807) is 6.07 Å². The van der Waals surface area contributed by atoms with Crippen molar-refractivity contribution in [1.29, 1.82) is 0 Å². The van der Waals surface area contributed by atoms with Gasteiger partial charge in [-0.2, -0.15) is 0 Å². The molecule has 1 aliphatic heterocycles. The first kappa shape index (κ1) is 12.3. The van der Waals surface area contributed by atoms with Gasteiger partial charge in [0.1, 0.15) is 0 Å². The predicted octanol–water partition coefficient (Wildman–Crippen LogP) is 1.63. The highest BCUT2D eigenvalue weighted by Gasteiger charge is 2.18. The van der Waals surface area contributed by atoms with Crippen molar-refractivity contribution in [2.45, 2.75) is 19.5 Å². The molecule has 2 rings (SSSR count). The maximum atomic E-state index is 13.5. The van der Waals surface area contributed by atoms with E-state index in [4.69, 9.17) is 4.74 Å². The highest BCUT2D eigenvalue weighted by Crippen LogP contribution is 2.23. The van der Waals surface area contributed by atoms with Crippen molar-refractivity contribution >= 4 is 0 Å². The van der Waals surface area contributed by atoms with Gasteiger partial charge >= 0.3 is 0 Å². The van der Waals surface area contributed by atoms with Gasteiger partial charge in [-0.15, -0.1) is 0 Å². The van der Waals surface area contributed by atoms with E-state index in [2.05, 4.69) is 17.1 Å². The van der Waals surface area contributed by atoms with Gasteiger partial charge in [-0.1, -0.05) is 12.1 Å². The zero-order valence-corrected chi connectivity index (χ0v) is 10.4. The number of para-hydroxylation sites is 1. The number of piperazine rings is 1. The fourth-order valence-electron chi connectivity index (χ4n) is 2.30. The number of ether oxygens (including phenoxy) is 1.